The summed E-state index contributed by atoms with van der Waals surface area (Å²) in [5.41, 5.74) is -0.596. The first kappa shape index (κ1) is 24.8. The van der Waals surface area contributed by atoms with E-state index in [2.05, 4.69) is 9.46 Å². The number of unbranched alkanes of at least 4 members (excludes halogenated alkanes) is 2. The van der Waals surface area contributed by atoms with Gasteiger partial charge in [-0.25, -0.2) is 17.5 Å². The Morgan fingerprint density at radius 3 is 2.35 bits per heavy atom. The standard InChI is InChI=1S/C21H23F4NO4S/c1-30-20(27)9-4-2-3-8-19(15-10-12-17(22)13-11-15)26-31(28,29)18-7-5-6-16(14-18)21(23,24)25/h5-7,10-14,19,26H,2-4,8-9H2,1H3. The van der Waals surface area contributed by atoms with E-state index in [4.69, 9.17) is 0 Å². The summed E-state index contributed by atoms with van der Waals surface area (Å²) in [5, 5.41) is 0. The van der Waals surface area contributed by atoms with Crippen molar-refractivity contribution in [3.05, 3.63) is 65.5 Å². The van der Waals surface area contributed by atoms with Crippen molar-refractivity contribution in [2.75, 3.05) is 7.11 Å². The van der Waals surface area contributed by atoms with Crippen LogP contribution in [0.4, 0.5) is 17.6 Å². The molecule has 0 aliphatic heterocycles. The summed E-state index contributed by atoms with van der Waals surface area (Å²) in [4.78, 5) is 10.7. The van der Waals surface area contributed by atoms with Crippen molar-refractivity contribution < 1.29 is 35.5 Å². The molecule has 0 spiro atoms. The molecule has 1 atom stereocenters. The minimum atomic E-state index is -4.68. The molecule has 0 bridgehead atoms. The Labute approximate surface area is 178 Å². The van der Waals surface area contributed by atoms with Crippen molar-refractivity contribution >= 4 is 16.0 Å². The molecule has 0 aliphatic carbocycles. The van der Waals surface area contributed by atoms with Gasteiger partial charge in [-0.1, -0.05) is 31.0 Å². The maximum absolute atomic E-state index is 13.3. The van der Waals surface area contributed by atoms with Crippen molar-refractivity contribution in [2.24, 2.45) is 0 Å². The molecule has 10 heteroatoms. The second-order valence-electron chi connectivity index (χ2n) is 6.93. The SMILES string of the molecule is COC(=O)CCCCCC(NS(=O)(=O)c1cccc(C(F)(F)F)c1)c1ccc(F)cc1. The molecule has 0 fully saturated rings. The Morgan fingerprint density at radius 1 is 1.06 bits per heavy atom. The summed E-state index contributed by atoms with van der Waals surface area (Å²) in [6, 6.07) is 7.88. The third-order valence-electron chi connectivity index (χ3n) is 4.64. The lowest BCUT2D eigenvalue weighted by atomic mass is 10.0. The van der Waals surface area contributed by atoms with E-state index >= 15 is 0 Å². The van der Waals surface area contributed by atoms with Crippen LogP contribution in [0.5, 0.6) is 0 Å². The molecule has 1 unspecified atom stereocenters. The molecule has 0 aromatic heterocycles. The summed E-state index contributed by atoms with van der Waals surface area (Å²) in [6.07, 6.45) is -2.45. The van der Waals surface area contributed by atoms with Gasteiger partial charge in [-0.2, -0.15) is 13.2 Å². The number of ether oxygens (including phenoxy) is 1. The van der Waals surface area contributed by atoms with Crippen LogP contribution in [-0.4, -0.2) is 21.5 Å². The zero-order chi connectivity index (χ0) is 23.1. The highest BCUT2D eigenvalue weighted by atomic mass is 32.2. The molecule has 170 valence electrons. The third-order valence-corrected chi connectivity index (χ3v) is 6.11. The summed E-state index contributed by atoms with van der Waals surface area (Å²) in [6.45, 7) is 0. The summed E-state index contributed by atoms with van der Waals surface area (Å²) in [5.74, 6) is -0.846. The largest absolute Gasteiger partial charge is 0.469 e. The molecular formula is C21H23F4NO4S. The van der Waals surface area contributed by atoms with Crippen LogP contribution in [0.3, 0.4) is 0 Å². The van der Waals surface area contributed by atoms with Crippen LogP contribution in [0.1, 0.15) is 49.3 Å². The van der Waals surface area contributed by atoms with Crippen LogP contribution in [0.25, 0.3) is 0 Å². The number of sulfonamides is 1. The smallest absolute Gasteiger partial charge is 0.416 e. The van der Waals surface area contributed by atoms with E-state index in [1.807, 2.05) is 0 Å². The average molecular weight is 461 g/mol. The lowest BCUT2D eigenvalue weighted by Crippen LogP contribution is -2.29. The summed E-state index contributed by atoms with van der Waals surface area (Å²) in [7, 11) is -2.99. The second kappa shape index (κ2) is 10.7. The van der Waals surface area contributed by atoms with Gasteiger partial charge in [0.15, 0.2) is 0 Å². The Morgan fingerprint density at radius 2 is 1.74 bits per heavy atom. The minimum Gasteiger partial charge on any atom is -0.469 e. The fourth-order valence-electron chi connectivity index (χ4n) is 2.98. The lowest BCUT2D eigenvalue weighted by Gasteiger charge is -2.20. The van der Waals surface area contributed by atoms with Gasteiger partial charge < -0.3 is 4.74 Å². The Balaban J connectivity index is 2.17. The number of carbonyl (C=O) groups excluding carboxylic acids is 1. The third kappa shape index (κ3) is 7.62. The summed E-state index contributed by atoms with van der Waals surface area (Å²) >= 11 is 0. The molecule has 0 heterocycles. The van der Waals surface area contributed by atoms with Gasteiger partial charge in [-0.3, -0.25) is 4.79 Å². The highest BCUT2D eigenvalue weighted by molar-refractivity contribution is 7.89. The lowest BCUT2D eigenvalue weighted by molar-refractivity contribution is -0.140. The number of carbonyl (C=O) groups is 1. The molecule has 0 aliphatic rings. The van der Waals surface area contributed by atoms with Crippen LogP contribution >= 0.6 is 0 Å². The fourth-order valence-corrected chi connectivity index (χ4v) is 4.28. The predicted octanol–water partition coefficient (Wildman–Crippen LogP) is 4.99. The topological polar surface area (TPSA) is 72.5 Å². The molecule has 5 nitrogen and oxygen atoms in total. The number of esters is 1. The van der Waals surface area contributed by atoms with Crippen LogP contribution in [-0.2, 0) is 25.7 Å². The van der Waals surface area contributed by atoms with Crippen molar-refractivity contribution in [1.29, 1.82) is 0 Å². The maximum atomic E-state index is 13.3. The molecular weight excluding hydrogens is 438 g/mol. The number of alkyl halides is 3. The Bertz CT molecular complexity index is 976. The zero-order valence-corrected chi connectivity index (χ0v) is 17.6. The number of hydrogen-bond donors (Lipinski definition) is 1. The molecule has 0 radical (unpaired) electrons. The van der Waals surface area contributed by atoms with Crippen LogP contribution in [0.15, 0.2) is 53.4 Å². The molecule has 1 N–H and O–H groups in total. The molecule has 0 saturated heterocycles. The van der Waals surface area contributed by atoms with Gasteiger partial charge in [0.1, 0.15) is 5.82 Å². The monoisotopic (exact) mass is 461 g/mol. The van der Waals surface area contributed by atoms with Gasteiger partial charge in [-0.15, -0.1) is 0 Å². The van der Waals surface area contributed by atoms with Crippen LogP contribution in [0, 0.1) is 5.82 Å². The molecule has 2 rings (SSSR count). The van der Waals surface area contributed by atoms with E-state index in [1.165, 1.54) is 31.4 Å². The van der Waals surface area contributed by atoms with Gasteiger partial charge in [0, 0.05) is 12.5 Å². The molecule has 2 aromatic rings. The van der Waals surface area contributed by atoms with Crippen molar-refractivity contribution in [2.45, 2.75) is 49.2 Å². The summed E-state index contributed by atoms with van der Waals surface area (Å²) < 4.78 is 84.7. The normalized spacial score (nSPS) is 13.1. The maximum Gasteiger partial charge on any atom is 0.416 e. The van der Waals surface area contributed by atoms with E-state index in [-0.39, 0.29) is 12.4 Å². The second-order valence-corrected chi connectivity index (χ2v) is 8.64. The van der Waals surface area contributed by atoms with E-state index in [0.717, 1.165) is 18.2 Å². The van der Waals surface area contributed by atoms with E-state index in [1.54, 1.807) is 0 Å². The molecule has 2 aromatic carbocycles. The molecule has 31 heavy (non-hydrogen) atoms. The molecule has 0 amide bonds. The van der Waals surface area contributed by atoms with Crippen molar-refractivity contribution in [3.63, 3.8) is 0 Å². The van der Waals surface area contributed by atoms with Gasteiger partial charge in [0.05, 0.1) is 17.6 Å². The first-order valence-electron chi connectivity index (χ1n) is 9.55. The minimum absolute atomic E-state index is 0.230. The van der Waals surface area contributed by atoms with Crippen molar-refractivity contribution in [3.8, 4) is 0 Å². The highest BCUT2D eigenvalue weighted by Gasteiger charge is 2.32. The van der Waals surface area contributed by atoms with E-state index in [0.29, 0.717) is 37.3 Å². The number of methoxy groups -OCH3 is 1. The zero-order valence-electron chi connectivity index (χ0n) is 16.8. The number of rotatable bonds is 10. The Hall–Kier alpha value is -2.46. The predicted molar refractivity (Wildman–Crippen MR) is 106 cm³/mol. The first-order valence-corrected chi connectivity index (χ1v) is 11.0. The van der Waals surface area contributed by atoms with E-state index < -0.39 is 38.5 Å². The van der Waals surface area contributed by atoms with Gasteiger partial charge in [0.2, 0.25) is 10.0 Å². The van der Waals surface area contributed by atoms with Gasteiger partial charge in [-0.05, 0) is 48.7 Å². The molecule has 0 saturated carbocycles. The first-order chi connectivity index (χ1) is 14.5. The number of benzene rings is 2. The van der Waals surface area contributed by atoms with Crippen LogP contribution < -0.4 is 4.72 Å². The van der Waals surface area contributed by atoms with Crippen LogP contribution in [0.2, 0.25) is 0 Å². The van der Waals surface area contributed by atoms with Crippen molar-refractivity contribution in [1.82, 2.24) is 4.72 Å². The van der Waals surface area contributed by atoms with Gasteiger partial charge in [0.25, 0.3) is 0 Å². The van der Waals surface area contributed by atoms with Gasteiger partial charge >= 0.3 is 12.1 Å². The number of halogens is 4. The van der Waals surface area contributed by atoms with E-state index in [9.17, 15) is 30.8 Å². The quantitative estimate of drug-likeness (QED) is 0.308. The number of nitrogens with one attached hydrogen (secondary N) is 1. The fraction of sp³-hybridized carbons (Fsp3) is 0.381. The average Bonchev–Trinajstić information content (AvgIpc) is 2.72. The Kier molecular flexibility index (Phi) is 8.58. The highest BCUT2D eigenvalue weighted by Crippen LogP contribution is 2.31. The number of hydrogen-bond acceptors (Lipinski definition) is 4.